The molecule has 0 bridgehead atoms. The molecule has 0 aliphatic heterocycles. The quantitative estimate of drug-likeness (QED) is 0.798. The third kappa shape index (κ3) is 2.82. The first-order valence-corrected chi connectivity index (χ1v) is 5.41. The molecular weight excluding hydrogens is 297 g/mol. The second kappa shape index (κ2) is 4.44. The zero-order valence-electron chi connectivity index (χ0n) is 8.37. The summed E-state index contributed by atoms with van der Waals surface area (Å²) in [6, 6.07) is 5.76. The number of rotatable bonds is 1. The van der Waals surface area contributed by atoms with Crippen molar-refractivity contribution >= 4 is 15.9 Å². The number of alkyl halides is 3. The van der Waals surface area contributed by atoms with E-state index in [4.69, 9.17) is 0 Å². The summed E-state index contributed by atoms with van der Waals surface area (Å²) in [5.41, 5.74) is 0.221. The van der Waals surface area contributed by atoms with E-state index in [1.807, 2.05) is 0 Å². The van der Waals surface area contributed by atoms with Crippen LogP contribution < -0.4 is 0 Å². The van der Waals surface area contributed by atoms with Crippen molar-refractivity contribution < 1.29 is 13.2 Å². The van der Waals surface area contributed by atoms with E-state index in [2.05, 4.69) is 25.9 Å². The Balaban J connectivity index is 2.33. The molecule has 0 aromatic carbocycles. The predicted octanol–water partition coefficient (Wildman–Crippen LogP) is 3.92. The standard InChI is InChI=1S/C11H6BrF3N2/c12-8-2-3-9(16-6-8)7-1-4-10(17-5-7)11(13,14)15/h1-6H. The number of pyridine rings is 2. The lowest BCUT2D eigenvalue weighted by molar-refractivity contribution is -0.141. The molecule has 0 amide bonds. The summed E-state index contributed by atoms with van der Waals surface area (Å²) in [6.45, 7) is 0. The van der Waals surface area contributed by atoms with Crippen molar-refractivity contribution in [2.24, 2.45) is 0 Å². The fourth-order valence-corrected chi connectivity index (χ4v) is 1.49. The third-order valence-corrected chi connectivity index (χ3v) is 2.55. The molecule has 17 heavy (non-hydrogen) atoms. The number of aromatic nitrogens is 2. The highest BCUT2D eigenvalue weighted by Gasteiger charge is 2.32. The predicted molar refractivity (Wildman–Crippen MR) is 60.2 cm³/mol. The zero-order chi connectivity index (χ0) is 12.5. The maximum absolute atomic E-state index is 12.3. The van der Waals surface area contributed by atoms with Crippen LogP contribution in [0, 0.1) is 0 Å². The minimum absolute atomic E-state index is 0.547. The van der Waals surface area contributed by atoms with Crippen LogP contribution in [0.3, 0.4) is 0 Å². The van der Waals surface area contributed by atoms with E-state index >= 15 is 0 Å². The monoisotopic (exact) mass is 302 g/mol. The van der Waals surface area contributed by atoms with Crippen LogP contribution in [0.5, 0.6) is 0 Å². The molecular formula is C11H6BrF3N2. The van der Waals surface area contributed by atoms with E-state index in [0.717, 1.165) is 10.5 Å². The molecule has 0 N–H and O–H groups in total. The van der Waals surface area contributed by atoms with Crippen molar-refractivity contribution in [3.8, 4) is 11.3 Å². The van der Waals surface area contributed by atoms with Crippen molar-refractivity contribution in [3.63, 3.8) is 0 Å². The first-order chi connectivity index (χ1) is 7.97. The summed E-state index contributed by atoms with van der Waals surface area (Å²) < 4.78 is 37.7. The molecule has 2 heterocycles. The van der Waals surface area contributed by atoms with E-state index < -0.39 is 11.9 Å². The topological polar surface area (TPSA) is 25.8 Å². The highest BCUT2D eigenvalue weighted by Crippen LogP contribution is 2.28. The molecule has 2 rings (SSSR count). The Hall–Kier alpha value is -1.43. The smallest absolute Gasteiger partial charge is 0.255 e. The summed E-state index contributed by atoms with van der Waals surface area (Å²) in [5.74, 6) is 0. The first-order valence-electron chi connectivity index (χ1n) is 4.62. The maximum Gasteiger partial charge on any atom is 0.433 e. The molecule has 0 atom stereocenters. The van der Waals surface area contributed by atoms with Crippen molar-refractivity contribution in [1.29, 1.82) is 0 Å². The normalized spacial score (nSPS) is 11.5. The second-order valence-corrected chi connectivity index (χ2v) is 4.21. The largest absolute Gasteiger partial charge is 0.433 e. The third-order valence-electron chi connectivity index (χ3n) is 2.08. The molecule has 88 valence electrons. The second-order valence-electron chi connectivity index (χ2n) is 3.29. The summed E-state index contributed by atoms with van der Waals surface area (Å²) in [7, 11) is 0. The van der Waals surface area contributed by atoms with Crippen molar-refractivity contribution in [2.45, 2.75) is 6.18 Å². The molecule has 2 nitrogen and oxygen atoms in total. The molecule has 0 saturated heterocycles. The Morgan fingerprint density at radius 1 is 0.941 bits per heavy atom. The minimum atomic E-state index is -4.41. The Morgan fingerprint density at radius 2 is 1.71 bits per heavy atom. The minimum Gasteiger partial charge on any atom is -0.255 e. The molecule has 0 spiro atoms. The van der Waals surface area contributed by atoms with E-state index in [9.17, 15) is 13.2 Å². The molecule has 0 fully saturated rings. The van der Waals surface area contributed by atoms with Crippen LogP contribution in [0.2, 0.25) is 0 Å². The van der Waals surface area contributed by atoms with Gasteiger partial charge in [-0.05, 0) is 40.2 Å². The lowest BCUT2D eigenvalue weighted by atomic mass is 10.2. The van der Waals surface area contributed by atoms with Gasteiger partial charge in [0.1, 0.15) is 5.69 Å². The van der Waals surface area contributed by atoms with Crippen LogP contribution in [-0.2, 0) is 6.18 Å². The van der Waals surface area contributed by atoms with Gasteiger partial charge in [-0.3, -0.25) is 9.97 Å². The van der Waals surface area contributed by atoms with Crippen molar-refractivity contribution in [1.82, 2.24) is 9.97 Å². The van der Waals surface area contributed by atoms with E-state index in [1.54, 1.807) is 18.3 Å². The van der Waals surface area contributed by atoms with Gasteiger partial charge in [-0.25, -0.2) is 0 Å². The van der Waals surface area contributed by atoms with E-state index in [-0.39, 0.29) is 0 Å². The number of hydrogen-bond acceptors (Lipinski definition) is 2. The fraction of sp³-hybridized carbons (Fsp3) is 0.0909. The van der Waals surface area contributed by atoms with Crippen LogP contribution >= 0.6 is 15.9 Å². The number of halogens is 4. The van der Waals surface area contributed by atoms with E-state index in [1.165, 1.54) is 12.3 Å². The fourth-order valence-electron chi connectivity index (χ4n) is 1.26. The molecule has 0 unspecified atom stereocenters. The van der Waals surface area contributed by atoms with Gasteiger partial charge in [0.05, 0.1) is 5.69 Å². The Bertz CT molecular complexity index is 506. The summed E-state index contributed by atoms with van der Waals surface area (Å²) in [4.78, 5) is 7.44. The van der Waals surface area contributed by atoms with E-state index in [0.29, 0.717) is 11.3 Å². The van der Waals surface area contributed by atoms with Gasteiger partial charge in [0.2, 0.25) is 0 Å². The van der Waals surface area contributed by atoms with Crippen LogP contribution in [0.15, 0.2) is 41.1 Å². The lowest BCUT2D eigenvalue weighted by Gasteiger charge is -2.06. The van der Waals surface area contributed by atoms with Gasteiger partial charge in [-0.15, -0.1) is 0 Å². The summed E-state index contributed by atoms with van der Waals surface area (Å²) in [6.07, 6.45) is -1.67. The molecule has 2 aromatic rings. The Morgan fingerprint density at radius 3 is 2.18 bits per heavy atom. The highest BCUT2D eigenvalue weighted by molar-refractivity contribution is 9.10. The Labute approximate surface area is 104 Å². The van der Waals surface area contributed by atoms with Gasteiger partial charge >= 0.3 is 6.18 Å². The van der Waals surface area contributed by atoms with Gasteiger partial charge in [0.25, 0.3) is 0 Å². The molecule has 6 heteroatoms. The van der Waals surface area contributed by atoms with Crippen LogP contribution in [0.1, 0.15) is 5.69 Å². The molecule has 0 aliphatic rings. The molecule has 2 aromatic heterocycles. The SMILES string of the molecule is FC(F)(F)c1ccc(-c2ccc(Br)cn2)cn1. The Kier molecular flexibility index (Phi) is 3.15. The molecule has 0 saturated carbocycles. The van der Waals surface area contributed by atoms with Crippen LogP contribution in [0.25, 0.3) is 11.3 Å². The van der Waals surface area contributed by atoms with Gasteiger partial charge in [-0.2, -0.15) is 13.2 Å². The zero-order valence-corrected chi connectivity index (χ0v) is 9.96. The summed E-state index contributed by atoms with van der Waals surface area (Å²) >= 11 is 3.23. The molecule has 0 aliphatic carbocycles. The summed E-state index contributed by atoms with van der Waals surface area (Å²) in [5, 5.41) is 0. The van der Waals surface area contributed by atoms with Gasteiger partial charge in [0, 0.05) is 22.4 Å². The number of nitrogens with zero attached hydrogens (tertiary/aromatic N) is 2. The highest BCUT2D eigenvalue weighted by atomic mass is 79.9. The van der Waals surface area contributed by atoms with Gasteiger partial charge < -0.3 is 0 Å². The number of hydrogen-bond donors (Lipinski definition) is 0. The lowest BCUT2D eigenvalue weighted by Crippen LogP contribution is -2.07. The average molecular weight is 303 g/mol. The molecule has 0 radical (unpaired) electrons. The van der Waals surface area contributed by atoms with Gasteiger partial charge in [0.15, 0.2) is 0 Å². The van der Waals surface area contributed by atoms with Crippen molar-refractivity contribution in [2.75, 3.05) is 0 Å². The van der Waals surface area contributed by atoms with Crippen LogP contribution in [-0.4, -0.2) is 9.97 Å². The first kappa shape index (κ1) is 12.0. The van der Waals surface area contributed by atoms with Crippen LogP contribution in [0.4, 0.5) is 13.2 Å². The van der Waals surface area contributed by atoms with Crippen molar-refractivity contribution in [3.05, 3.63) is 46.8 Å². The average Bonchev–Trinajstić information content (AvgIpc) is 2.29. The maximum atomic E-state index is 12.3. The van der Waals surface area contributed by atoms with Gasteiger partial charge in [-0.1, -0.05) is 0 Å².